The van der Waals surface area contributed by atoms with Crippen LogP contribution in [0.4, 0.5) is 10.1 Å². The summed E-state index contributed by atoms with van der Waals surface area (Å²) in [6.07, 6.45) is 3.44. The highest BCUT2D eigenvalue weighted by Crippen LogP contribution is 2.15. The topological polar surface area (TPSA) is 77.9 Å². The highest BCUT2D eigenvalue weighted by molar-refractivity contribution is 6.09. The van der Waals surface area contributed by atoms with Gasteiger partial charge in [-0.25, -0.2) is 4.39 Å². The lowest BCUT2D eigenvalue weighted by Crippen LogP contribution is -2.29. The molecule has 0 saturated carbocycles. The summed E-state index contributed by atoms with van der Waals surface area (Å²) in [5.74, 6) is -3.52. The normalized spacial score (nSPS) is 10.8. The fourth-order valence-corrected chi connectivity index (χ4v) is 1.30. The van der Waals surface area contributed by atoms with Crippen LogP contribution >= 0.6 is 0 Å². The largest absolute Gasteiger partial charge is 0.465 e. The first-order chi connectivity index (χ1) is 9.60. The van der Waals surface area contributed by atoms with E-state index in [0.29, 0.717) is 0 Å². The fourth-order valence-electron chi connectivity index (χ4n) is 1.30. The van der Waals surface area contributed by atoms with Crippen molar-refractivity contribution < 1.29 is 23.5 Å². The number of esters is 2. The average molecular weight is 282 g/mol. The van der Waals surface area contributed by atoms with Crippen LogP contribution in [0.25, 0.3) is 0 Å². The third-order valence-corrected chi connectivity index (χ3v) is 2.19. The number of carbonyl (C=O) groups is 2. The van der Waals surface area contributed by atoms with E-state index in [0.717, 1.165) is 12.3 Å². The Labute approximate surface area is 115 Å². The van der Waals surface area contributed by atoms with E-state index in [4.69, 9.17) is 9.47 Å². The first kappa shape index (κ1) is 15.7. The van der Waals surface area contributed by atoms with Gasteiger partial charge in [-0.2, -0.15) is 0 Å². The molecule has 0 aliphatic heterocycles. The molecule has 0 spiro atoms. The van der Waals surface area contributed by atoms with Crippen molar-refractivity contribution in [2.45, 2.75) is 13.8 Å². The number of ether oxygens (including phenoxy) is 2. The molecule has 1 heterocycles. The Morgan fingerprint density at radius 1 is 1.35 bits per heavy atom. The molecule has 6 nitrogen and oxygen atoms in total. The van der Waals surface area contributed by atoms with Crippen LogP contribution in [0.5, 0.6) is 0 Å². The Kier molecular flexibility index (Phi) is 6.28. The molecule has 0 radical (unpaired) electrons. The first-order valence-electron chi connectivity index (χ1n) is 6.07. The number of hydrogen-bond acceptors (Lipinski definition) is 6. The standard InChI is InChI=1S/C13H15FN2O4/c1-3-19-12(17)9(13(18)20-4-2)7-16-11-8-15-6-5-10(11)14/h5-9H,3-4H2,1-2H3. The molecule has 0 bridgehead atoms. The van der Waals surface area contributed by atoms with Crippen molar-refractivity contribution in [2.24, 2.45) is 10.9 Å². The third-order valence-electron chi connectivity index (χ3n) is 2.19. The minimum Gasteiger partial charge on any atom is -0.465 e. The molecule has 0 fully saturated rings. The molecule has 0 N–H and O–H groups in total. The Balaban J connectivity index is 2.91. The number of rotatable bonds is 6. The molecule has 1 rings (SSSR count). The molecule has 0 aliphatic rings. The number of carbonyl (C=O) groups excluding carboxylic acids is 2. The van der Waals surface area contributed by atoms with Gasteiger partial charge >= 0.3 is 11.9 Å². The summed E-state index contributed by atoms with van der Waals surface area (Å²) in [6, 6.07) is 1.12. The van der Waals surface area contributed by atoms with Gasteiger partial charge in [0, 0.05) is 12.4 Å². The van der Waals surface area contributed by atoms with Gasteiger partial charge < -0.3 is 9.47 Å². The molecular weight excluding hydrogens is 267 g/mol. The van der Waals surface area contributed by atoms with Crippen molar-refractivity contribution in [3.8, 4) is 0 Å². The van der Waals surface area contributed by atoms with Crippen molar-refractivity contribution in [1.82, 2.24) is 4.98 Å². The summed E-state index contributed by atoms with van der Waals surface area (Å²) in [7, 11) is 0. The molecule has 108 valence electrons. The number of pyridine rings is 1. The molecule has 0 amide bonds. The van der Waals surface area contributed by atoms with Crippen LogP contribution in [0.2, 0.25) is 0 Å². The van der Waals surface area contributed by atoms with Gasteiger partial charge in [-0.1, -0.05) is 0 Å². The van der Waals surface area contributed by atoms with E-state index >= 15 is 0 Å². The van der Waals surface area contributed by atoms with Crippen molar-refractivity contribution in [2.75, 3.05) is 13.2 Å². The van der Waals surface area contributed by atoms with Gasteiger partial charge in [-0.15, -0.1) is 0 Å². The second-order valence-electron chi connectivity index (χ2n) is 3.59. The van der Waals surface area contributed by atoms with E-state index in [9.17, 15) is 14.0 Å². The van der Waals surface area contributed by atoms with Gasteiger partial charge in [0.1, 0.15) is 5.69 Å². The zero-order chi connectivity index (χ0) is 15.0. The minimum absolute atomic E-state index is 0.0777. The monoisotopic (exact) mass is 282 g/mol. The number of aromatic nitrogens is 1. The summed E-state index contributed by atoms with van der Waals surface area (Å²) in [5.41, 5.74) is -0.0777. The van der Waals surface area contributed by atoms with E-state index in [2.05, 4.69) is 9.98 Å². The quantitative estimate of drug-likeness (QED) is 0.450. The maximum Gasteiger partial charge on any atom is 0.325 e. The molecular formula is C13H15FN2O4. The number of nitrogens with zero attached hydrogens (tertiary/aromatic N) is 2. The predicted octanol–water partition coefficient (Wildman–Crippen LogP) is 1.67. The van der Waals surface area contributed by atoms with Crippen LogP contribution in [-0.4, -0.2) is 36.4 Å². The molecule has 0 aromatic carbocycles. The number of aliphatic imine (C=N–C) groups is 1. The van der Waals surface area contributed by atoms with Gasteiger partial charge in [-0.05, 0) is 19.9 Å². The molecule has 0 saturated heterocycles. The zero-order valence-corrected chi connectivity index (χ0v) is 11.2. The highest BCUT2D eigenvalue weighted by atomic mass is 19.1. The van der Waals surface area contributed by atoms with Crippen LogP contribution in [0.3, 0.4) is 0 Å². The Bertz CT molecular complexity index is 487. The summed E-state index contributed by atoms with van der Waals surface area (Å²) in [6.45, 7) is 3.45. The highest BCUT2D eigenvalue weighted by Gasteiger charge is 2.27. The van der Waals surface area contributed by atoms with Crippen LogP contribution < -0.4 is 0 Å². The predicted molar refractivity (Wildman–Crippen MR) is 69.1 cm³/mol. The second-order valence-corrected chi connectivity index (χ2v) is 3.59. The molecule has 0 aliphatic carbocycles. The smallest absolute Gasteiger partial charge is 0.325 e. The van der Waals surface area contributed by atoms with Crippen LogP contribution in [0.15, 0.2) is 23.5 Å². The number of hydrogen-bond donors (Lipinski definition) is 0. The summed E-state index contributed by atoms with van der Waals surface area (Å²) in [4.78, 5) is 30.7. The van der Waals surface area contributed by atoms with Gasteiger partial charge in [0.2, 0.25) is 0 Å². The van der Waals surface area contributed by atoms with E-state index in [1.54, 1.807) is 13.8 Å². The van der Waals surface area contributed by atoms with E-state index in [-0.39, 0.29) is 18.9 Å². The SMILES string of the molecule is CCOC(=O)C(C=Nc1cnccc1F)C(=O)OCC. The Hall–Kier alpha value is -2.31. The first-order valence-corrected chi connectivity index (χ1v) is 6.07. The molecule has 20 heavy (non-hydrogen) atoms. The molecule has 1 aromatic rings. The Morgan fingerprint density at radius 3 is 2.45 bits per heavy atom. The lowest BCUT2D eigenvalue weighted by Gasteiger charge is -2.09. The van der Waals surface area contributed by atoms with Crippen LogP contribution in [-0.2, 0) is 19.1 Å². The summed E-state index contributed by atoms with van der Waals surface area (Å²) < 4.78 is 22.9. The van der Waals surface area contributed by atoms with E-state index in [1.165, 1.54) is 12.4 Å². The maximum absolute atomic E-state index is 13.4. The maximum atomic E-state index is 13.4. The van der Waals surface area contributed by atoms with Crippen LogP contribution in [0.1, 0.15) is 13.8 Å². The Morgan fingerprint density at radius 2 is 1.95 bits per heavy atom. The van der Waals surface area contributed by atoms with Crippen molar-refractivity contribution >= 4 is 23.8 Å². The molecule has 0 atom stereocenters. The second kappa shape index (κ2) is 7.98. The average Bonchev–Trinajstić information content (AvgIpc) is 2.41. The zero-order valence-electron chi connectivity index (χ0n) is 11.2. The minimum atomic E-state index is -1.32. The van der Waals surface area contributed by atoms with Gasteiger partial charge in [0.25, 0.3) is 0 Å². The third kappa shape index (κ3) is 4.42. The summed E-state index contributed by atoms with van der Waals surface area (Å²) >= 11 is 0. The molecule has 7 heteroatoms. The summed E-state index contributed by atoms with van der Waals surface area (Å²) in [5, 5.41) is 0. The lowest BCUT2D eigenvalue weighted by atomic mass is 10.2. The number of halogens is 1. The fraction of sp³-hybridized carbons (Fsp3) is 0.385. The van der Waals surface area contributed by atoms with Crippen molar-refractivity contribution in [3.05, 3.63) is 24.3 Å². The van der Waals surface area contributed by atoms with E-state index < -0.39 is 23.7 Å². The van der Waals surface area contributed by atoms with Gasteiger partial charge in [0.05, 0.1) is 19.4 Å². The van der Waals surface area contributed by atoms with Gasteiger partial charge in [-0.3, -0.25) is 19.6 Å². The lowest BCUT2D eigenvalue weighted by molar-refractivity contribution is -0.157. The molecule has 0 unspecified atom stereocenters. The van der Waals surface area contributed by atoms with Gasteiger partial charge in [0.15, 0.2) is 11.7 Å². The molecule has 1 aromatic heterocycles. The van der Waals surface area contributed by atoms with Crippen molar-refractivity contribution in [3.63, 3.8) is 0 Å². The van der Waals surface area contributed by atoms with E-state index in [1.807, 2.05) is 0 Å². The van der Waals surface area contributed by atoms with Crippen molar-refractivity contribution in [1.29, 1.82) is 0 Å². The van der Waals surface area contributed by atoms with Crippen LogP contribution in [0, 0.1) is 11.7 Å².